The molecule has 0 bridgehead atoms. The number of benzene rings is 2. The molecule has 3 aromatic rings. The first kappa shape index (κ1) is 22.4. The number of carbonyl (C=O) groups is 2. The summed E-state index contributed by atoms with van der Waals surface area (Å²) in [4.78, 5) is 27.6. The lowest BCUT2D eigenvalue weighted by atomic mass is 9.91. The van der Waals surface area contributed by atoms with Gasteiger partial charge in [-0.3, -0.25) is 9.59 Å². The number of aromatic nitrogens is 1. The predicted molar refractivity (Wildman–Crippen MR) is 121 cm³/mol. The maximum absolute atomic E-state index is 12.4. The van der Waals surface area contributed by atoms with Crippen LogP contribution in [-0.2, 0) is 14.3 Å². The van der Waals surface area contributed by atoms with Gasteiger partial charge >= 0.3 is 5.97 Å². The van der Waals surface area contributed by atoms with E-state index in [0.717, 1.165) is 27.8 Å². The van der Waals surface area contributed by atoms with E-state index in [4.69, 9.17) is 9.47 Å². The zero-order chi connectivity index (χ0) is 22.4. The number of ether oxygens (including phenoxy) is 2. The Morgan fingerprint density at radius 2 is 1.77 bits per heavy atom. The third kappa shape index (κ3) is 6.10. The highest BCUT2D eigenvalue weighted by atomic mass is 16.5. The minimum Gasteiger partial charge on any atom is -0.497 e. The third-order valence-electron chi connectivity index (χ3n) is 5.06. The van der Waals surface area contributed by atoms with Crippen molar-refractivity contribution in [1.82, 2.24) is 10.3 Å². The number of para-hydroxylation sites is 1. The van der Waals surface area contributed by atoms with Gasteiger partial charge in [0.25, 0.3) is 5.91 Å². The van der Waals surface area contributed by atoms with E-state index in [2.05, 4.69) is 16.4 Å². The highest BCUT2D eigenvalue weighted by molar-refractivity contribution is 5.84. The fourth-order valence-corrected chi connectivity index (χ4v) is 3.52. The minimum absolute atomic E-state index is 0.0729. The van der Waals surface area contributed by atoms with Crippen LogP contribution in [0.15, 0.2) is 54.7 Å². The minimum atomic E-state index is -0.369. The van der Waals surface area contributed by atoms with Crippen molar-refractivity contribution in [2.75, 3.05) is 20.3 Å². The summed E-state index contributed by atoms with van der Waals surface area (Å²) in [6, 6.07) is 15.9. The molecule has 0 spiro atoms. The lowest BCUT2D eigenvalue weighted by Gasteiger charge is -2.19. The molecule has 2 N–H and O–H groups in total. The number of H-pyrrole nitrogens is 1. The molecular weight excluding hydrogens is 392 g/mol. The normalized spacial score (nSPS) is 12.4. The number of esters is 1. The Morgan fingerprint density at radius 3 is 2.45 bits per heavy atom. The first-order valence-electron chi connectivity index (χ1n) is 10.4. The van der Waals surface area contributed by atoms with Gasteiger partial charge in [-0.05, 0) is 34.7 Å². The van der Waals surface area contributed by atoms with Crippen LogP contribution < -0.4 is 10.1 Å². The summed E-state index contributed by atoms with van der Waals surface area (Å²) < 4.78 is 10.4. The smallest absolute Gasteiger partial charge is 0.306 e. The van der Waals surface area contributed by atoms with Gasteiger partial charge in [-0.15, -0.1) is 0 Å². The van der Waals surface area contributed by atoms with Gasteiger partial charge in [-0.2, -0.15) is 0 Å². The van der Waals surface area contributed by atoms with Crippen LogP contribution in [0.4, 0.5) is 0 Å². The van der Waals surface area contributed by atoms with E-state index in [0.29, 0.717) is 6.54 Å². The van der Waals surface area contributed by atoms with E-state index >= 15 is 0 Å². The van der Waals surface area contributed by atoms with Crippen LogP contribution >= 0.6 is 0 Å². The molecule has 3 rings (SSSR count). The van der Waals surface area contributed by atoms with Gasteiger partial charge in [0.2, 0.25) is 0 Å². The highest BCUT2D eigenvalue weighted by Crippen LogP contribution is 2.31. The Hall–Kier alpha value is -3.28. The highest BCUT2D eigenvalue weighted by Gasteiger charge is 2.21. The van der Waals surface area contributed by atoms with Crippen LogP contribution in [0.25, 0.3) is 10.9 Å². The maximum Gasteiger partial charge on any atom is 0.306 e. The Labute approximate surface area is 182 Å². The molecule has 0 unspecified atom stereocenters. The second-order valence-electron chi connectivity index (χ2n) is 8.82. The zero-order valence-electron chi connectivity index (χ0n) is 18.5. The van der Waals surface area contributed by atoms with Crippen LogP contribution in [0.3, 0.4) is 0 Å². The molecule has 0 aliphatic carbocycles. The number of hydrogen-bond acceptors (Lipinski definition) is 4. The molecule has 31 heavy (non-hydrogen) atoms. The van der Waals surface area contributed by atoms with Crippen molar-refractivity contribution in [3.63, 3.8) is 0 Å². The topological polar surface area (TPSA) is 80.4 Å². The van der Waals surface area contributed by atoms with E-state index < -0.39 is 0 Å². The van der Waals surface area contributed by atoms with Crippen molar-refractivity contribution >= 4 is 22.8 Å². The van der Waals surface area contributed by atoms with Crippen molar-refractivity contribution in [1.29, 1.82) is 0 Å². The van der Waals surface area contributed by atoms with E-state index in [-0.39, 0.29) is 36.2 Å². The van der Waals surface area contributed by atoms with E-state index in [1.165, 1.54) is 0 Å². The second kappa shape index (κ2) is 9.69. The fraction of sp³-hybridized carbons (Fsp3) is 0.360. The maximum atomic E-state index is 12.4. The number of methoxy groups -OCH3 is 1. The second-order valence-corrected chi connectivity index (χ2v) is 8.82. The van der Waals surface area contributed by atoms with Gasteiger partial charge < -0.3 is 19.8 Å². The van der Waals surface area contributed by atoms with Crippen molar-refractivity contribution < 1.29 is 19.1 Å². The Balaban J connectivity index is 1.73. The van der Waals surface area contributed by atoms with Crippen LogP contribution in [0.1, 0.15) is 44.2 Å². The molecule has 0 saturated carbocycles. The van der Waals surface area contributed by atoms with Gasteiger partial charge in [-0.25, -0.2) is 0 Å². The van der Waals surface area contributed by atoms with Crippen LogP contribution in [0, 0.1) is 5.41 Å². The zero-order valence-corrected chi connectivity index (χ0v) is 18.5. The standard InChI is InChI=1S/C25H30N2O4/c1-25(2,3)13-24(29)31-16-23(28)27-14-20(17-9-11-18(30-4)12-10-17)21-15-26-22-8-6-5-7-19(21)22/h5-12,15,20,26H,13-14,16H2,1-4H3,(H,27,28)/t20-/m0/s1. The molecule has 0 aliphatic rings. The molecule has 6 nitrogen and oxygen atoms in total. The molecule has 0 aliphatic heterocycles. The lowest BCUT2D eigenvalue weighted by Crippen LogP contribution is -2.33. The number of nitrogens with one attached hydrogen (secondary N) is 2. The first-order chi connectivity index (χ1) is 14.8. The molecule has 0 fully saturated rings. The van der Waals surface area contributed by atoms with Gasteiger partial charge in [-0.1, -0.05) is 51.1 Å². The lowest BCUT2D eigenvalue weighted by molar-refractivity contribution is -0.150. The Morgan fingerprint density at radius 1 is 1.06 bits per heavy atom. The molecule has 1 amide bonds. The quantitative estimate of drug-likeness (QED) is 0.527. The summed E-state index contributed by atoms with van der Waals surface area (Å²) >= 11 is 0. The van der Waals surface area contributed by atoms with Crippen LogP contribution in [-0.4, -0.2) is 37.1 Å². The van der Waals surface area contributed by atoms with Gasteiger partial charge in [0, 0.05) is 29.6 Å². The molecule has 164 valence electrons. The molecule has 1 atom stereocenters. The number of aromatic amines is 1. The van der Waals surface area contributed by atoms with Gasteiger partial charge in [0.15, 0.2) is 6.61 Å². The van der Waals surface area contributed by atoms with Crippen LogP contribution in [0.2, 0.25) is 0 Å². The summed E-state index contributed by atoms with van der Waals surface area (Å²) in [5.74, 6) is 0.0131. The number of amides is 1. The van der Waals surface area contributed by atoms with Crippen molar-refractivity contribution in [2.24, 2.45) is 5.41 Å². The Kier molecular flexibility index (Phi) is 7.00. The van der Waals surface area contributed by atoms with E-state index in [9.17, 15) is 9.59 Å². The number of rotatable bonds is 8. The molecule has 6 heteroatoms. The Bertz CT molecular complexity index is 1030. The van der Waals surface area contributed by atoms with Gasteiger partial charge in [0.1, 0.15) is 5.75 Å². The predicted octanol–water partition coefficient (Wildman–Crippen LogP) is 4.40. The molecule has 2 aromatic carbocycles. The van der Waals surface area contributed by atoms with E-state index in [1.807, 2.05) is 69.4 Å². The molecule has 1 heterocycles. The number of carbonyl (C=O) groups excluding carboxylic acids is 2. The summed E-state index contributed by atoms with van der Waals surface area (Å²) in [5, 5.41) is 4.03. The first-order valence-corrected chi connectivity index (χ1v) is 10.4. The molecule has 0 saturated heterocycles. The molecule has 0 radical (unpaired) electrons. The summed E-state index contributed by atoms with van der Waals surface area (Å²) in [6.45, 7) is 5.96. The monoisotopic (exact) mass is 422 g/mol. The summed E-state index contributed by atoms with van der Waals surface area (Å²) in [5.41, 5.74) is 3.00. The SMILES string of the molecule is COc1ccc([C@H](CNC(=O)COC(=O)CC(C)(C)C)c2c[nH]c3ccccc23)cc1. The third-order valence-corrected chi connectivity index (χ3v) is 5.06. The van der Waals surface area contributed by atoms with E-state index in [1.54, 1.807) is 7.11 Å². The van der Waals surface area contributed by atoms with Crippen molar-refractivity contribution in [2.45, 2.75) is 33.1 Å². The van der Waals surface area contributed by atoms with Gasteiger partial charge in [0.05, 0.1) is 13.5 Å². The molecule has 1 aromatic heterocycles. The average molecular weight is 423 g/mol. The van der Waals surface area contributed by atoms with Crippen molar-refractivity contribution in [3.8, 4) is 5.75 Å². The number of hydrogen-bond donors (Lipinski definition) is 2. The summed E-state index contributed by atoms with van der Waals surface area (Å²) in [6.07, 6.45) is 2.25. The average Bonchev–Trinajstić information content (AvgIpc) is 3.16. The summed E-state index contributed by atoms with van der Waals surface area (Å²) in [7, 11) is 1.63. The molecular formula is C25H30N2O4. The fourth-order valence-electron chi connectivity index (χ4n) is 3.52. The van der Waals surface area contributed by atoms with Crippen molar-refractivity contribution in [3.05, 3.63) is 65.9 Å². The largest absolute Gasteiger partial charge is 0.497 e. The number of fused-ring (bicyclic) bond motifs is 1. The van der Waals surface area contributed by atoms with Crippen LogP contribution in [0.5, 0.6) is 5.75 Å².